The zero-order valence-electron chi connectivity index (χ0n) is 13.9. The van der Waals surface area contributed by atoms with Crippen molar-refractivity contribution in [2.75, 3.05) is 0 Å². The number of rotatable bonds is 0. The molecule has 1 rings (SSSR count). The lowest BCUT2D eigenvalue weighted by Crippen LogP contribution is -2.25. The molecule has 0 unspecified atom stereocenters. The summed E-state index contributed by atoms with van der Waals surface area (Å²) < 4.78 is 6.16. The molecule has 0 aliphatic carbocycles. The fourth-order valence-electron chi connectivity index (χ4n) is 2.69. The van der Waals surface area contributed by atoms with Crippen molar-refractivity contribution in [3.05, 3.63) is 22.6 Å². The zero-order valence-corrected chi connectivity index (χ0v) is 13.9. The van der Waals surface area contributed by atoms with Gasteiger partial charge in [0.25, 0.3) is 0 Å². The van der Waals surface area contributed by atoms with E-state index in [9.17, 15) is 0 Å². The Hall–Kier alpha value is -0.720. The molecule has 1 nitrogen and oxygen atoms in total. The van der Waals surface area contributed by atoms with Crippen LogP contribution in [0.4, 0.5) is 0 Å². The predicted molar refractivity (Wildman–Crippen MR) is 79.5 cm³/mol. The second-order valence-electron chi connectivity index (χ2n) is 8.49. The Bertz CT molecular complexity index is 428. The van der Waals surface area contributed by atoms with Crippen LogP contribution in [0.1, 0.15) is 85.0 Å². The maximum Gasteiger partial charge on any atom is 0.113 e. The number of aryl methyl sites for hydroxylation is 1. The maximum absolute atomic E-state index is 6.16. The van der Waals surface area contributed by atoms with Gasteiger partial charge >= 0.3 is 0 Å². The van der Waals surface area contributed by atoms with Crippen molar-refractivity contribution in [2.45, 2.75) is 85.5 Å². The Balaban J connectivity index is 3.70. The highest BCUT2D eigenvalue weighted by Crippen LogP contribution is 2.43. The van der Waals surface area contributed by atoms with Gasteiger partial charge in [0.15, 0.2) is 0 Å². The Morgan fingerprint density at radius 2 is 1.00 bits per heavy atom. The van der Waals surface area contributed by atoms with Crippen molar-refractivity contribution in [1.82, 2.24) is 0 Å². The van der Waals surface area contributed by atoms with Crippen LogP contribution < -0.4 is 0 Å². The first-order chi connectivity index (χ1) is 7.76. The van der Waals surface area contributed by atoms with Gasteiger partial charge in [0.1, 0.15) is 11.5 Å². The van der Waals surface area contributed by atoms with Crippen LogP contribution in [-0.2, 0) is 16.2 Å². The van der Waals surface area contributed by atoms with Crippen LogP contribution in [0.25, 0.3) is 0 Å². The van der Waals surface area contributed by atoms with Gasteiger partial charge in [0.2, 0.25) is 0 Å². The summed E-state index contributed by atoms with van der Waals surface area (Å²) in [7, 11) is 0. The molecule has 0 fully saturated rings. The molecule has 0 N–H and O–H groups in total. The molecular weight excluding hydrogens is 220 g/mol. The van der Waals surface area contributed by atoms with E-state index in [1.165, 1.54) is 11.1 Å². The van der Waals surface area contributed by atoms with Crippen molar-refractivity contribution >= 4 is 0 Å². The van der Waals surface area contributed by atoms with Crippen molar-refractivity contribution < 1.29 is 4.42 Å². The van der Waals surface area contributed by atoms with Crippen LogP contribution in [0, 0.1) is 6.92 Å². The third kappa shape index (κ3) is 2.81. The molecule has 1 heteroatoms. The summed E-state index contributed by atoms with van der Waals surface area (Å²) in [6.07, 6.45) is 0. The molecule has 0 radical (unpaired) electrons. The minimum Gasteiger partial charge on any atom is -0.465 e. The lowest BCUT2D eigenvalue weighted by Gasteiger charge is -2.30. The fraction of sp³-hybridized carbons (Fsp3) is 0.765. The summed E-state index contributed by atoms with van der Waals surface area (Å²) in [4.78, 5) is 0. The van der Waals surface area contributed by atoms with E-state index in [1.54, 1.807) is 0 Å². The second kappa shape index (κ2) is 4.15. The first-order valence-electron chi connectivity index (χ1n) is 6.91. The standard InChI is InChI=1S/C17H30O/c1-11-12(15(2,3)4)13(16(5,6)7)14(18-11)17(8,9)10/h1-10H3. The van der Waals surface area contributed by atoms with Gasteiger partial charge in [-0.25, -0.2) is 0 Å². The van der Waals surface area contributed by atoms with E-state index >= 15 is 0 Å². The maximum atomic E-state index is 6.16. The van der Waals surface area contributed by atoms with E-state index in [0.717, 1.165) is 11.5 Å². The molecule has 0 aliphatic rings. The summed E-state index contributed by atoms with van der Waals surface area (Å²) in [5.74, 6) is 2.23. The molecule has 1 aromatic heterocycles. The van der Waals surface area contributed by atoms with Gasteiger partial charge in [-0.2, -0.15) is 0 Å². The van der Waals surface area contributed by atoms with Crippen LogP contribution in [-0.4, -0.2) is 0 Å². The molecule has 18 heavy (non-hydrogen) atoms. The Morgan fingerprint density at radius 3 is 1.28 bits per heavy atom. The van der Waals surface area contributed by atoms with Crippen molar-refractivity contribution in [3.63, 3.8) is 0 Å². The molecule has 0 saturated carbocycles. The topological polar surface area (TPSA) is 13.1 Å². The highest BCUT2D eigenvalue weighted by atomic mass is 16.3. The number of furan rings is 1. The van der Waals surface area contributed by atoms with Crippen LogP contribution in [0.15, 0.2) is 4.42 Å². The van der Waals surface area contributed by atoms with Gasteiger partial charge in [-0.1, -0.05) is 62.3 Å². The van der Waals surface area contributed by atoms with Gasteiger partial charge < -0.3 is 4.42 Å². The SMILES string of the molecule is Cc1oc(C(C)(C)C)c(C(C)(C)C)c1C(C)(C)C. The average molecular weight is 250 g/mol. The molecule has 0 aliphatic heterocycles. The van der Waals surface area contributed by atoms with Crippen LogP contribution in [0.5, 0.6) is 0 Å². The monoisotopic (exact) mass is 250 g/mol. The first-order valence-corrected chi connectivity index (χ1v) is 6.91. The highest BCUT2D eigenvalue weighted by molar-refractivity contribution is 5.45. The summed E-state index contributed by atoms with van der Waals surface area (Å²) >= 11 is 0. The Morgan fingerprint density at radius 1 is 0.611 bits per heavy atom. The molecule has 1 heterocycles. The van der Waals surface area contributed by atoms with Crippen molar-refractivity contribution in [2.24, 2.45) is 0 Å². The molecule has 1 aromatic rings. The quantitative estimate of drug-likeness (QED) is 0.594. The summed E-state index contributed by atoms with van der Waals surface area (Å²) in [6.45, 7) is 22.4. The van der Waals surface area contributed by atoms with Crippen LogP contribution >= 0.6 is 0 Å². The number of hydrogen-bond acceptors (Lipinski definition) is 1. The predicted octanol–water partition coefficient (Wildman–Crippen LogP) is 5.48. The molecule has 0 saturated heterocycles. The Kier molecular flexibility index (Phi) is 3.53. The van der Waals surface area contributed by atoms with Crippen LogP contribution in [0.3, 0.4) is 0 Å². The van der Waals surface area contributed by atoms with E-state index in [4.69, 9.17) is 4.42 Å². The normalized spacial score (nSPS) is 14.1. The molecule has 0 spiro atoms. The van der Waals surface area contributed by atoms with Gasteiger partial charge in [-0.05, 0) is 17.8 Å². The number of hydrogen-bond donors (Lipinski definition) is 0. The summed E-state index contributed by atoms with van der Waals surface area (Å²) in [6, 6.07) is 0. The molecule has 0 amide bonds. The minimum absolute atomic E-state index is 0.0525. The molecule has 104 valence electrons. The second-order valence-corrected chi connectivity index (χ2v) is 8.49. The molecule has 0 atom stereocenters. The van der Waals surface area contributed by atoms with Crippen molar-refractivity contribution in [1.29, 1.82) is 0 Å². The largest absolute Gasteiger partial charge is 0.465 e. The third-order valence-electron chi connectivity index (χ3n) is 3.27. The van der Waals surface area contributed by atoms with Crippen LogP contribution in [0.2, 0.25) is 0 Å². The third-order valence-corrected chi connectivity index (χ3v) is 3.27. The van der Waals surface area contributed by atoms with E-state index in [1.807, 2.05) is 0 Å². The van der Waals surface area contributed by atoms with E-state index in [2.05, 4.69) is 69.2 Å². The average Bonchev–Trinajstić information content (AvgIpc) is 2.39. The van der Waals surface area contributed by atoms with Gasteiger partial charge in [-0.15, -0.1) is 0 Å². The summed E-state index contributed by atoms with van der Waals surface area (Å²) in [5.41, 5.74) is 3.08. The van der Waals surface area contributed by atoms with E-state index in [0.29, 0.717) is 0 Å². The molecule has 0 aromatic carbocycles. The highest BCUT2D eigenvalue weighted by Gasteiger charge is 2.36. The lowest BCUT2D eigenvalue weighted by molar-refractivity contribution is 0.380. The van der Waals surface area contributed by atoms with E-state index < -0.39 is 0 Å². The smallest absolute Gasteiger partial charge is 0.113 e. The summed E-state index contributed by atoms with van der Waals surface area (Å²) in [5, 5.41) is 0. The lowest BCUT2D eigenvalue weighted by atomic mass is 9.72. The first kappa shape index (κ1) is 15.3. The van der Waals surface area contributed by atoms with Crippen molar-refractivity contribution in [3.8, 4) is 0 Å². The fourth-order valence-corrected chi connectivity index (χ4v) is 2.69. The zero-order chi connectivity index (χ0) is 14.5. The minimum atomic E-state index is 0.0525. The van der Waals surface area contributed by atoms with Gasteiger partial charge in [0, 0.05) is 16.5 Å². The van der Waals surface area contributed by atoms with E-state index in [-0.39, 0.29) is 16.2 Å². The Labute approximate surface area is 113 Å². The molecule has 0 bridgehead atoms. The van der Waals surface area contributed by atoms with Gasteiger partial charge in [0.05, 0.1) is 0 Å². The van der Waals surface area contributed by atoms with Gasteiger partial charge in [-0.3, -0.25) is 0 Å². The molecular formula is C17H30O.